The van der Waals surface area contributed by atoms with Crippen molar-refractivity contribution in [2.24, 2.45) is 0 Å². The average Bonchev–Trinajstić information content (AvgIpc) is 3.16. The molecule has 0 amide bonds. The van der Waals surface area contributed by atoms with Crippen LogP contribution in [0.3, 0.4) is 0 Å². The van der Waals surface area contributed by atoms with E-state index in [0.29, 0.717) is 38.9 Å². The van der Waals surface area contributed by atoms with Crippen LogP contribution in [-0.2, 0) is 14.6 Å². The van der Waals surface area contributed by atoms with Gasteiger partial charge in [0, 0.05) is 6.61 Å². The van der Waals surface area contributed by atoms with Gasteiger partial charge in [-0.2, -0.15) is 0 Å². The molecule has 0 radical (unpaired) electrons. The highest BCUT2D eigenvalue weighted by atomic mass is 32.2. The second-order valence-corrected chi connectivity index (χ2v) is 8.17. The van der Waals surface area contributed by atoms with Crippen molar-refractivity contribution in [1.29, 1.82) is 0 Å². The number of aliphatic hydroxyl groups excluding tert-OH is 1. The molecule has 100 valence electrons. The van der Waals surface area contributed by atoms with E-state index in [1.54, 1.807) is 0 Å². The molecule has 0 bridgehead atoms. The first kappa shape index (κ1) is 13.3. The van der Waals surface area contributed by atoms with E-state index in [2.05, 4.69) is 6.92 Å². The summed E-state index contributed by atoms with van der Waals surface area (Å²) in [7, 11) is -3.23. The summed E-state index contributed by atoms with van der Waals surface area (Å²) >= 11 is 0. The fourth-order valence-corrected chi connectivity index (χ4v) is 4.85. The molecule has 2 aliphatic carbocycles. The Labute approximate surface area is 103 Å². The number of rotatable bonds is 8. The summed E-state index contributed by atoms with van der Waals surface area (Å²) in [6, 6.07) is 0. The molecule has 0 aromatic heterocycles. The summed E-state index contributed by atoms with van der Waals surface area (Å²) in [4.78, 5) is 0. The average molecular weight is 262 g/mol. The van der Waals surface area contributed by atoms with Crippen molar-refractivity contribution in [3.8, 4) is 0 Å². The lowest BCUT2D eigenvalue weighted by Crippen LogP contribution is -2.40. The van der Waals surface area contributed by atoms with E-state index in [0.717, 1.165) is 12.8 Å². The SMILES string of the molecule is CCCCOCC1(S(=O)(=O)C2(CO)CC2)CC1. The number of sulfone groups is 1. The normalized spacial score (nSPS) is 24.6. The third-order valence-corrected chi connectivity index (χ3v) is 7.39. The number of aliphatic hydroxyl groups is 1. The Morgan fingerprint density at radius 3 is 2.18 bits per heavy atom. The van der Waals surface area contributed by atoms with Gasteiger partial charge in [-0.1, -0.05) is 13.3 Å². The van der Waals surface area contributed by atoms with Crippen LogP contribution in [-0.4, -0.2) is 42.8 Å². The Kier molecular flexibility index (Phi) is 3.54. The molecular formula is C12H22O4S. The molecular weight excluding hydrogens is 240 g/mol. The zero-order chi connectivity index (χ0) is 12.6. The third kappa shape index (κ3) is 2.13. The molecule has 0 atom stereocenters. The molecule has 0 spiro atoms. The predicted molar refractivity (Wildman–Crippen MR) is 65.7 cm³/mol. The van der Waals surface area contributed by atoms with E-state index in [1.165, 1.54) is 0 Å². The summed E-state index contributed by atoms with van der Waals surface area (Å²) < 4.78 is 28.9. The van der Waals surface area contributed by atoms with Gasteiger partial charge < -0.3 is 9.84 Å². The minimum Gasteiger partial charge on any atom is -0.395 e. The van der Waals surface area contributed by atoms with E-state index < -0.39 is 19.3 Å². The van der Waals surface area contributed by atoms with Crippen molar-refractivity contribution in [1.82, 2.24) is 0 Å². The van der Waals surface area contributed by atoms with Gasteiger partial charge in [0.2, 0.25) is 0 Å². The summed E-state index contributed by atoms with van der Waals surface area (Å²) in [5.41, 5.74) is 0. The first-order valence-electron chi connectivity index (χ1n) is 6.46. The Balaban J connectivity index is 1.96. The van der Waals surface area contributed by atoms with Crippen LogP contribution in [0.25, 0.3) is 0 Å². The first-order chi connectivity index (χ1) is 8.04. The lowest BCUT2D eigenvalue weighted by Gasteiger charge is -2.22. The van der Waals surface area contributed by atoms with Gasteiger partial charge in [-0.15, -0.1) is 0 Å². The number of hydrogen-bond acceptors (Lipinski definition) is 4. The monoisotopic (exact) mass is 262 g/mol. The molecule has 2 saturated carbocycles. The maximum Gasteiger partial charge on any atom is 0.166 e. The first-order valence-corrected chi connectivity index (χ1v) is 7.95. The fraction of sp³-hybridized carbons (Fsp3) is 1.00. The van der Waals surface area contributed by atoms with E-state index in [1.807, 2.05) is 0 Å². The molecule has 0 saturated heterocycles. The quantitative estimate of drug-likeness (QED) is 0.669. The van der Waals surface area contributed by atoms with Crippen LogP contribution in [0.5, 0.6) is 0 Å². The number of ether oxygens (including phenoxy) is 1. The molecule has 2 fully saturated rings. The molecule has 0 aromatic rings. The van der Waals surface area contributed by atoms with Gasteiger partial charge >= 0.3 is 0 Å². The molecule has 2 aliphatic rings. The van der Waals surface area contributed by atoms with Crippen LogP contribution in [0.4, 0.5) is 0 Å². The van der Waals surface area contributed by atoms with Gasteiger partial charge in [-0.3, -0.25) is 0 Å². The smallest absolute Gasteiger partial charge is 0.166 e. The molecule has 4 nitrogen and oxygen atoms in total. The molecule has 0 unspecified atom stereocenters. The molecule has 17 heavy (non-hydrogen) atoms. The van der Waals surface area contributed by atoms with Crippen molar-refractivity contribution >= 4 is 9.84 Å². The van der Waals surface area contributed by atoms with Crippen molar-refractivity contribution in [3.05, 3.63) is 0 Å². The Hall–Kier alpha value is -0.130. The van der Waals surface area contributed by atoms with Gasteiger partial charge in [0.25, 0.3) is 0 Å². The Morgan fingerprint density at radius 1 is 1.18 bits per heavy atom. The zero-order valence-electron chi connectivity index (χ0n) is 10.4. The van der Waals surface area contributed by atoms with Crippen LogP contribution in [0.15, 0.2) is 0 Å². The lowest BCUT2D eigenvalue weighted by molar-refractivity contribution is 0.126. The van der Waals surface area contributed by atoms with E-state index in [4.69, 9.17) is 4.74 Å². The van der Waals surface area contributed by atoms with E-state index >= 15 is 0 Å². The maximum absolute atomic E-state index is 12.5. The molecule has 0 aliphatic heterocycles. The van der Waals surface area contributed by atoms with Crippen molar-refractivity contribution in [2.45, 2.75) is 54.9 Å². The largest absolute Gasteiger partial charge is 0.395 e. The van der Waals surface area contributed by atoms with Crippen molar-refractivity contribution in [3.63, 3.8) is 0 Å². The summed E-state index contributed by atoms with van der Waals surface area (Å²) in [5, 5.41) is 9.27. The van der Waals surface area contributed by atoms with Gasteiger partial charge in [0.05, 0.1) is 22.7 Å². The number of hydrogen-bond donors (Lipinski definition) is 1. The standard InChI is InChI=1S/C12H22O4S/c1-2-3-8-16-10-12(6-7-12)17(14,15)11(9-13)4-5-11/h13H,2-10H2,1H3. The second-order valence-electron chi connectivity index (χ2n) is 5.43. The molecule has 1 N–H and O–H groups in total. The third-order valence-electron chi connectivity index (χ3n) is 4.05. The summed E-state index contributed by atoms with van der Waals surface area (Å²) in [5.74, 6) is 0. The Bertz CT molecular complexity index is 366. The van der Waals surface area contributed by atoms with Gasteiger partial charge in [-0.05, 0) is 32.1 Å². The van der Waals surface area contributed by atoms with Crippen LogP contribution >= 0.6 is 0 Å². The topological polar surface area (TPSA) is 63.6 Å². The molecule has 0 aromatic carbocycles. The van der Waals surface area contributed by atoms with E-state index in [9.17, 15) is 13.5 Å². The van der Waals surface area contributed by atoms with Gasteiger partial charge in [0.1, 0.15) is 0 Å². The highest BCUT2D eigenvalue weighted by Crippen LogP contribution is 2.56. The highest BCUT2D eigenvalue weighted by Gasteiger charge is 2.67. The highest BCUT2D eigenvalue weighted by molar-refractivity contribution is 7.94. The van der Waals surface area contributed by atoms with Gasteiger partial charge in [0.15, 0.2) is 9.84 Å². The molecule has 2 rings (SSSR count). The van der Waals surface area contributed by atoms with Crippen LogP contribution in [0, 0.1) is 0 Å². The van der Waals surface area contributed by atoms with Crippen LogP contribution in [0.1, 0.15) is 45.4 Å². The van der Waals surface area contributed by atoms with E-state index in [-0.39, 0.29) is 6.61 Å². The second kappa shape index (κ2) is 4.52. The molecule has 5 heteroatoms. The zero-order valence-corrected chi connectivity index (χ0v) is 11.3. The maximum atomic E-state index is 12.5. The van der Waals surface area contributed by atoms with Crippen LogP contribution < -0.4 is 0 Å². The minimum absolute atomic E-state index is 0.230. The number of unbranched alkanes of at least 4 members (excludes halogenated alkanes) is 1. The Morgan fingerprint density at radius 2 is 1.76 bits per heavy atom. The fourth-order valence-electron chi connectivity index (χ4n) is 2.25. The lowest BCUT2D eigenvalue weighted by atomic mass is 10.3. The molecule has 0 heterocycles. The minimum atomic E-state index is -3.23. The summed E-state index contributed by atoms with van der Waals surface area (Å²) in [6.45, 7) is 2.81. The predicted octanol–water partition coefficient (Wildman–Crippen LogP) is 1.28. The van der Waals surface area contributed by atoms with Crippen molar-refractivity contribution in [2.75, 3.05) is 19.8 Å². The summed E-state index contributed by atoms with van der Waals surface area (Å²) in [6.07, 6.45) is 4.65. The van der Waals surface area contributed by atoms with Crippen LogP contribution in [0.2, 0.25) is 0 Å². The van der Waals surface area contributed by atoms with Crippen molar-refractivity contribution < 1.29 is 18.3 Å². The van der Waals surface area contributed by atoms with Gasteiger partial charge in [-0.25, -0.2) is 8.42 Å².